The van der Waals surface area contributed by atoms with Crippen LogP contribution in [0.15, 0.2) is 60.7 Å². The molecule has 0 spiro atoms. The molecule has 1 saturated heterocycles. The lowest BCUT2D eigenvalue weighted by Gasteiger charge is -2.20. The quantitative estimate of drug-likeness (QED) is 0.220. The predicted molar refractivity (Wildman–Crippen MR) is 140 cm³/mol. The molecule has 1 aliphatic heterocycles. The SMILES string of the molecule is Cc1cccc(N2C[C@@H](C(=O)OCC(=O)c3ccc(OC(=O)c4ccc(Cl)cc4Cl)cc3)CC2=O)c1C. The molecule has 1 atom stereocenters. The van der Waals surface area contributed by atoms with Crippen LogP contribution in [0.1, 0.15) is 38.3 Å². The fraction of sp³-hybridized carbons (Fsp3) is 0.214. The Balaban J connectivity index is 1.31. The Morgan fingerprint density at radius 1 is 1.00 bits per heavy atom. The van der Waals surface area contributed by atoms with Crippen LogP contribution in [0.25, 0.3) is 0 Å². The highest BCUT2D eigenvalue weighted by Gasteiger charge is 2.37. The number of Topliss-reactive ketones (excluding diaryl/α,β-unsaturated/α-hetero) is 1. The minimum atomic E-state index is -0.671. The summed E-state index contributed by atoms with van der Waals surface area (Å²) in [4.78, 5) is 51.6. The molecule has 37 heavy (non-hydrogen) atoms. The van der Waals surface area contributed by atoms with Gasteiger partial charge in [0, 0.05) is 29.2 Å². The summed E-state index contributed by atoms with van der Waals surface area (Å²) in [6.45, 7) is 3.63. The van der Waals surface area contributed by atoms with Crippen LogP contribution in [0.4, 0.5) is 5.69 Å². The van der Waals surface area contributed by atoms with Crippen molar-refractivity contribution >= 4 is 52.5 Å². The number of benzene rings is 3. The first-order valence-electron chi connectivity index (χ1n) is 11.5. The Bertz CT molecular complexity index is 1390. The standard InChI is InChI=1S/C28H23Cl2NO6/c1-16-4-3-5-24(17(16)2)31-14-19(12-26(31)33)27(34)36-15-25(32)18-6-9-21(10-7-18)37-28(35)22-11-8-20(29)13-23(22)30/h3-11,13,19H,12,14-15H2,1-2H3/t19-/m0/s1. The van der Waals surface area contributed by atoms with E-state index in [0.717, 1.165) is 16.8 Å². The van der Waals surface area contributed by atoms with E-state index in [4.69, 9.17) is 32.7 Å². The summed E-state index contributed by atoms with van der Waals surface area (Å²) in [6.07, 6.45) is 0.0259. The van der Waals surface area contributed by atoms with Gasteiger partial charge >= 0.3 is 11.9 Å². The Labute approximate surface area is 223 Å². The van der Waals surface area contributed by atoms with Crippen LogP contribution < -0.4 is 9.64 Å². The van der Waals surface area contributed by atoms with E-state index in [1.165, 1.54) is 42.5 Å². The van der Waals surface area contributed by atoms with Gasteiger partial charge < -0.3 is 14.4 Å². The van der Waals surface area contributed by atoms with Crippen molar-refractivity contribution in [1.29, 1.82) is 0 Å². The lowest BCUT2D eigenvalue weighted by Crippen LogP contribution is -2.27. The lowest BCUT2D eigenvalue weighted by atomic mass is 10.1. The van der Waals surface area contributed by atoms with Crippen molar-refractivity contribution in [3.8, 4) is 5.75 Å². The predicted octanol–water partition coefficient (Wildman–Crippen LogP) is 5.61. The number of esters is 2. The van der Waals surface area contributed by atoms with Crippen LogP contribution in [0.2, 0.25) is 10.0 Å². The van der Waals surface area contributed by atoms with Crippen LogP contribution in [-0.2, 0) is 14.3 Å². The van der Waals surface area contributed by atoms with E-state index in [9.17, 15) is 19.2 Å². The van der Waals surface area contributed by atoms with Gasteiger partial charge in [0.15, 0.2) is 12.4 Å². The number of hydrogen-bond acceptors (Lipinski definition) is 6. The van der Waals surface area contributed by atoms with Gasteiger partial charge in [0.05, 0.1) is 16.5 Å². The Morgan fingerprint density at radius 2 is 1.73 bits per heavy atom. The van der Waals surface area contributed by atoms with Gasteiger partial charge in [-0.2, -0.15) is 0 Å². The van der Waals surface area contributed by atoms with Crippen molar-refractivity contribution in [3.05, 3.63) is 93.0 Å². The molecule has 3 aromatic rings. The van der Waals surface area contributed by atoms with E-state index in [2.05, 4.69) is 0 Å². The molecule has 1 amide bonds. The zero-order valence-corrected chi connectivity index (χ0v) is 21.6. The number of amides is 1. The molecule has 1 heterocycles. The summed E-state index contributed by atoms with van der Waals surface area (Å²) in [7, 11) is 0. The normalized spacial score (nSPS) is 15.0. The molecule has 1 aliphatic rings. The highest BCUT2D eigenvalue weighted by atomic mass is 35.5. The zero-order valence-electron chi connectivity index (χ0n) is 20.1. The summed E-state index contributed by atoms with van der Waals surface area (Å²) in [6, 6.07) is 15.9. The fourth-order valence-corrected chi connectivity index (χ4v) is 4.48. The van der Waals surface area contributed by atoms with E-state index >= 15 is 0 Å². The van der Waals surface area contributed by atoms with E-state index in [0.29, 0.717) is 5.02 Å². The molecule has 9 heteroatoms. The smallest absolute Gasteiger partial charge is 0.345 e. The number of rotatable bonds is 7. The van der Waals surface area contributed by atoms with Crippen molar-refractivity contribution in [3.63, 3.8) is 0 Å². The maximum absolute atomic E-state index is 12.6. The van der Waals surface area contributed by atoms with Gasteiger partial charge in [0.25, 0.3) is 0 Å². The van der Waals surface area contributed by atoms with Crippen molar-refractivity contribution in [2.75, 3.05) is 18.1 Å². The summed E-state index contributed by atoms with van der Waals surface area (Å²) in [5.41, 5.74) is 3.23. The van der Waals surface area contributed by atoms with Crippen molar-refractivity contribution in [2.24, 2.45) is 5.92 Å². The first-order chi connectivity index (χ1) is 17.6. The number of ether oxygens (including phenoxy) is 2. The first kappa shape index (κ1) is 26.4. The summed E-state index contributed by atoms with van der Waals surface area (Å²) >= 11 is 11.9. The number of carbonyl (C=O) groups excluding carboxylic acids is 4. The summed E-state index contributed by atoms with van der Waals surface area (Å²) < 4.78 is 10.5. The van der Waals surface area contributed by atoms with Gasteiger partial charge in [0.1, 0.15) is 5.75 Å². The number of hydrogen-bond donors (Lipinski definition) is 0. The highest BCUT2D eigenvalue weighted by molar-refractivity contribution is 6.36. The molecule has 1 fully saturated rings. The van der Waals surface area contributed by atoms with E-state index in [-0.39, 0.29) is 40.8 Å². The van der Waals surface area contributed by atoms with E-state index < -0.39 is 30.2 Å². The third kappa shape index (κ3) is 6.01. The van der Waals surface area contributed by atoms with Crippen molar-refractivity contribution in [2.45, 2.75) is 20.3 Å². The molecule has 190 valence electrons. The molecule has 0 aromatic heterocycles. The third-order valence-corrected chi connectivity index (χ3v) is 6.76. The second-order valence-electron chi connectivity index (χ2n) is 8.69. The minimum Gasteiger partial charge on any atom is -0.457 e. The topological polar surface area (TPSA) is 90.0 Å². The molecule has 7 nitrogen and oxygen atoms in total. The molecule has 0 radical (unpaired) electrons. The number of carbonyl (C=O) groups is 4. The van der Waals surface area contributed by atoms with Gasteiger partial charge in [-0.3, -0.25) is 14.4 Å². The van der Waals surface area contributed by atoms with Crippen molar-refractivity contribution in [1.82, 2.24) is 0 Å². The van der Waals surface area contributed by atoms with E-state index in [1.807, 2.05) is 32.0 Å². The second kappa shape index (κ2) is 11.2. The van der Waals surface area contributed by atoms with Crippen LogP contribution in [-0.4, -0.2) is 36.8 Å². The second-order valence-corrected chi connectivity index (χ2v) is 9.54. The zero-order chi connectivity index (χ0) is 26.7. The Kier molecular flexibility index (Phi) is 7.95. The number of nitrogens with zero attached hydrogens (tertiary/aromatic N) is 1. The molecule has 0 aliphatic carbocycles. The van der Waals surface area contributed by atoms with Gasteiger partial charge in [-0.1, -0.05) is 35.3 Å². The average molecular weight is 540 g/mol. The largest absolute Gasteiger partial charge is 0.457 e. The van der Waals surface area contributed by atoms with E-state index in [1.54, 1.807) is 4.90 Å². The Morgan fingerprint density at radius 3 is 2.43 bits per heavy atom. The fourth-order valence-electron chi connectivity index (χ4n) is 3.99. The molecular formula is C28H23Cl2NO6. The van der Waals surface area contributed by atoms with Gasteiger partial charge in [-0.05, 0) is 73.5 Å². The van der Waals surface area contributed by atoms with Crippen LogP contribution in [0, 0.1) is 19.8 Å². The molecular weight excluding hydrogens is 517 g/mol. The van der Waals surface area contributed by atoms with Crippen molar-refractivity contribution < 1.29 is 28.7 Å². The maximum Gasteiger partial charge on any atom is 0.345 e. The van der Waals surface area contributed by atoms with Gasteiger partial charge in [-0.15, -0.1) is 0 Å². The van der Waals surface area contributed by atoms with Crippen LogP contribution >= 0.6 is 23.2 Å². The molecule has 0 unspecified atom stereocenters. The Hall–Kier alpha value is -3.68. The van der Waals surface area contributed by atoms with Gasteiger partial charge in [-0.25, -0.2) is 4.79 Å². The number of ketones is 1. The summed E-state index contributed by atoms with van der Waals surface area (Å²) in [5.74, 6) is -2.30. The monoisotopic (exact) mass is 539 g/mol. The summed E-state index contributed by atoms with van der Waals surface area (Å²) in [5, 5.41) is 0.551. The highest BCUT2D eigenvalue weighted by Crippen LogP contribution is 2.30. The number of aryl methyl sites for hydroxylation is 1. The minimum absolute atomic E-state index is 0.0259. The molecule has 0 N–H and O–H groups in total. The molecule has 0 bridgehead atoms. The number of halogens is 2. The van der Waals surface area contributed by atoms with Crippen LogP contribution in [0.5, 0.6) is 5.75 Å². The maximum atomic E-state index is 12.6. The average Bonchev–Trinajstić information content (AvgIpc) is 3.25. The number of anilines is 1. The first-order valence-corrected chi connectivity index (χ1v) is 12.2. The molecule has 0 saturated carbocycles. The van der Waals surface area contributed by atoms with Gasteiger partial charge in [0.2, 0.25) is 5.91 Å². The van der Waals surface area contributed by atoms with Crippen LogP contribution in [0.3, 0.4) is 0 Å². The lowest BCUT2D eigenvalue weighted by molar-refractivity contribution is -0.147. The molecule has 3 aromatic carbocycles. The third-order valence-electron chi connectivity index (χ3n) is 6.21. The molecule has 4 rings (SSSR count).